The molecule has 0 bridgehead atoms. The standard InChI is InChI=1S/C8H10N2O2S/c1-5-7(4-13-10-5)12-8(11)9-6-2-3-6/h4,6H,2-3H2,1H3,(H,9,11). The Morgan fingerprint density at radius 3 is 3.08 bits per heavy atom. The summed E-state index contributed by atoms with van der Waals surface area (Å²) in [4.78, 5) is 11.2. The molecule has 13 heavy (non-hydrogen) atoms. The predicted octanol–water partition coefficient (Wildman–Crippen LogP) is 1.70. The maximum absolute atomic E-state index is 11.2. The number of nitrogens with one attached hydrogen (secondary N) is 1. The second kappa shape index (κ2) is 3.33. The highest BCUT2D eigenvalue weighted by atomic mass is 32.1. The van der Waals surface area contributed by atoms with Gasteiger partial charge in [-0.25, -0.2) is 4.79 Å². The third-order valence-corrected chi connectivity index (χ3v) is 2.51. The van der Waals surface area contributed by atoms with Gasteiger partial charge in [-0.3, -0.25) is 0 Å². The average Bonchev–Trinajstić information content (AvgIpc) is 2.79. The van der Waals surface area contributed by atoms with Crippen molar-refractivity contribution in [3.63, 3.8) is 0 Å². The number of amides is 1. The van der Waals surface area contributed by atoms with E-state index in [1.54, 1.807) is 5.38 Å². The molecular weight excluding hydrogens is 188 g/mol. The SMILES string of the molecule is Cc1nscc1OC(=O)NC1CC1. The van der Waals surface area contributed by atoms with Crippen LogP contribution in [0.4, 0.5) is 4.79 Å². The fraction of sp³-hybridized carbons (Fsp3) is 0.500. The van der Waals surface area contributed by atoms with Gasteiger partial charge in [-0.05, 0) is 31.3 Å². The van der Waals surface area contributed by atoms with Crippen LogP contribution in [0.25, 0.3) is 0 Å². The summed E-state index contributed by atoms with van der Waals surface area (Å²) in [5.41, 5.74) is 0.760. The van der Waals surface area contributed by atoms with E-state index in [-0.39, 0.29) is 6.09 Å². The number of carbonyl (C=O) groups is 1. The molecule has 1 aromatic rings. The Bertz CT molecular complexity index is 320. The highest BCUT2D eigenvalue weighted by molar-refractivity contribution is 7.03. The zero-order chi connectivity index (χ0) is 9.26. The Morgan fingerprint density at radius 1 is 1.77 bits per heavy atom. The molecule has 0 atom stereocenters. The first-order valence-electron chi connectivity index (χ1n) is 4.15. The Morgan fingerprint density at radius 2 is 2.54 bits per heavy atom. The number of hydrogen-bond acceptors (Lipinski definition) is 4. The van der Waals surface area contributed by atoms with Crippen molar-refractivity contribution in [2.45, 2.75) is 25.8 Å². The molecule has 5 heteroatoms. The molecule has 70 valence electrons. The molecule has 1 amide bonds. The summed E-state index contributed by atoms with van der Waals surface area (Å²) >= 11 is 1.29. The zero-order valence-corrected chi connectivity index (χ0v) is 8.06. The molecule has 1 aliphatic rings. The van der Waals surface area contributed by atoms with Crippen LogP contribution in [0, 0.1) is 6.92 Å². The Kier molecular flexibility index (Phi) is 2.18. The number of ether oxygens (including phenoxy) is 1. The summed E-state index contributed by atoms with van der Waals surface area (Å²) in [6.07, 6.45) is 1.76. The second-order valence-electron chi connectivity index (χ2n) is 3.07. The summed E-state index contributed by atoms with van der Waals surface area (Å²) in [5.74, 6) is 0.558. The van der Waals surface area contributed by atoms with Crippen molar-refractivity contribution in [1.82, 2.24) is 9.69 Å². The topological polar surface area (TPSA) is 51.2 Å². The number of aromatic nitrogens is 1. The van der Waals surface area contributed by atoms with E-state index in [2.05, 4.69) is 9.69 Å². The van der Waals surface area contributed by atoms with Crippen LogP contribution in [-0.4, -0.2) is 16.5 Å². The maximum Gasteiger partial charge on any atom is 0.412 e. The first kappa shape index (κ1) is 8.50. The molecular formula is C8H10N2O2S. The van der Waals surface area contributed by atoms with E-state index in [1.807, 2.05) is 6.92 Å². The van der Waals surface area contributed by atoms with Crippen LogP contribution in [0.1, 0.15) is 18.5 Å². The van der Waals surface area contributed by atoms with Crippen molar-refractivity contribution in [2.75, 3.05) is 0 Å². The quantitative estimate of drug-likeness (QED) is 0.787. The highest BCUT2D eigenvalue weighted by Gasteiger charge is 2.24. The van der Waals surface area contributed by atoms with E-state index in [4.69, 9.17) is 4.74 Å². The maximum atomic E-state index is 11.2. The van der Waals surface area contributed by atoms with Gasteiger partial charge in [0, 0.05) is 6.04 Å². The molecule has 0 spiro atoms. The van der Waals surface area contributed by atoms with Crippen molar-refractivity contribution >= 4 is 17.6 Å². The smallest absolute Gasteiger partial charge is 0.407 e. The number of nitrogens with zero attached hydrogens (tertiary/aromatic N) is 1. The highest BCUT2D eigenvalue weighted by Crippen LogP contribution is 2.21. The van der Waals surface area contributed by atoms with Crippen LogP contribution in [0.5, 0.6) is 5.75 Å². The summed E-state index contributed by atoms with van der Waals surface area (Å²) in [6.45, 7) is 1.82. The second-order valence-corrected chi connectivity index (χ2v) is 3.70. The minimum Gasteiger partial charge on any atom is -0.407 e. The van der Waals surface area contributed by atoms with Crippen LogP contribution >= 0.6 is 11.5 Å². The molecule has 0 unspecified atom stereocenters. The largest absolute Gasteiger partial charge is 0.412 e. The van der Waals surface area contributed by atoms with Crippen molar-refractivity contribution in [1.29, 1.82) is 0 Å². The summed E-state index contributed by atoms with van der Waals surface area (Å²) in [6, 6.07) is 0.333. The zero-order valence-electron chi connectivity index (χ0n) is 7.24. The lowest BCUT2D eigenvalue weighted by Crippen LogP contribution is -2.28. The molecule has 1 N–H and O–H groups in total. The van der Waals surface area contributed by atoms with E-state index < -0.39 is 0 Å². The molecule has 0 radical (unpaired) electrons. The molecule has 1 saturated carbocycles. The van der Waals surface area contributed by atoms with Crippen LogP contribution in [0.15, 0.2) is 5.38 Å². The van der Waals surface area contributed by atoms with Gasteiger partial charge in [0.15, 0.2) is 5.75 Å². The monoisotopic (exact) mass is 198 g/mol. The van der Waals surface area contributed by atoms with Crippen molar-refractivity contribution in [3.05, 3.63) is 11.1 Å². The van der Waals surface area contributed by atoms with E-state index in [0.717, 1.165) is 18.5 Å². The van der Waals surface area contributed by atoms with Gasteiger partial charge in [0.25, 0.3) is 0 Å². The van der Waals surface area contributed by atoms with E-state index in [1.165, 1.54) is 11.5 Å². The Balaban J connectivity index is 1.89. The lowest BCUT2D eigenvalue weighted by molar-refractivity contribution is 0.199. The van der Waals surface area contributed by atoms with Gasteiger partial charge in [-0.1, -0.05) is 0 Å². The predicted molar refractivity (Wildman–Crippen MR) is 49.0 cm³/mol. The summed E-state index contributed by atoms with van der Waals surface area (Å²) < 4.78 is 9.03. The molecule has 0 aliphatic heterocycles. The number of rotatable bonds is 2. The lowest BCUT2D eigenvalue weighted by Gasteiger charge is -2.02. The third kappa shape index (κ3) is 2.18. The molecule has 1 heterocycles. The van der Waals surface area contributed by atoms with Gasteiger partial charge in [-0.15, -0.1) is 0 Å². The third-order valence-electron chi connectivity index (χ3n) is 1.81. The minimum atomic E-state index is -0.370. The minimum absolute atomic E-state index is 0.333. The van der Waals surface area contributed by atoms with Gasteiger partial charge >= 0.3 is 6.09 Å². The van der Waals surface area contributed by atoms with E-state index >= 15 is 0 Å². The van der Waals surface area contributed by atoms with Gasteiger partial charge in [0.1, 0.15) is 0 Å². The molecule has 0 aromatic carbocycles. The molecule has 4 nitrogen and oxygen atoms in total. The number of aryl methyl sites for hydroxylation is 1. The van der Waals surface area contributed by atoms with Crippen LogP contribution < -0.4 is 10.1 Å². The fourth-order valence-corrected chi connectivity index (χ4v) is 1.52. The molecule has 2 rings (SSSR count). The van der Waals surface area contributed by atoms with Gasteiger partial charge in [0.2, 0.25) is 0 Å². The van der Waals surface area contributed by atoms with Crippen LogP contribution in [-0.2, 0) is 0 Å². The van der Waals surface area contributed by atoms with Crippen LogP contribution in [0.3, 0.4) is 0 Å². The van der Waals surface area contributed by atoms with Gasteiger partial charge < -0.3 is 10.1 Å². The number of hydrogen-bond donors (Lipinski definition) is 1. The van der Waals surface area contributed by atoms with Crippen molar-refractivity contribution in [2.24, 2.45) is 0 Å². The average molecular weight is 198 g/mol. The van der Waals surface area contributed by atoms with E-state index in [9.17, 15) is 4.79 Å². The Hall–Kier alpha value is -1.10. The normalized spacial score (nSPS) is 15.5. The Labute approximate surface area is 80.1 Å². The summed E-state index contributed by atoms with van der Waals surface area (Å²) in [5, 5.41) is 4.46. The first-order chi connectivity index (χ1) is 6.25. The van der Waals surface area contributed by atoms with Crippen molar-refractivity contribution < 1.29 is 9.53 Å². The lowest BCUT2D eigenvalue weighted by atomic mass is 10.5. The first-order valence-corrected chi connectivity index (χ1v) is 4.98. The van der Waals surface area contributed by atoms with Gasteiger partial charge in [-0.2, -0.15) is 4.37 Å². The number of carbonyl (C=O) groups excluding carboxylic acids is 1. The van der Waals surface area contributed by atoms with Crippen molar-refractivity contribution in [3.8, 4) is 5.75 Å². The van der Waals surface area contributed by atoms with Gasteiger partial charge in [0.05, 0.1) is 11.1 Å². The molecule has 1 fully saturated rings. The van der Waals surface area contributed by atoms with E-state index in [0.29, 0.717) is 11.8 Å². The summed E-state index contributed by atoms with van der Waals surface area (Å²) in [7, 11) is 0. The fourth-order valence-electron chi connectivity index (χ4n) is 0.905. The molecule has 0 saturated heterocycles. The molecule has 1 aromatic heterocycles. The van der Waals surface area contributed by atoms with Crippen LogP contribution in [0.2, 0.25) is 0 Å². The molecule has 1 aliphatic carbocycles.